The van der Waals surface area contributed by atoms with E-state index in [0.29, 0.717) is 30.8 Å². The molecular weight excluding hydrogens is 391 g/mol. The molecular formula is C18H16ClFN4O4. The maximum atomic E-state index is 14.0. The van der Waals surface area contributed by atoms with Crippen molar-refractivity contribution < 1.29 is 18.4 Å². The van der Waals surface area contributed by atoms with Gasteiger partial charge in [-0.3, -0.25) is 9.51 Å². The van der Waals surface area contributed by atoms with E-state index in [0.717, 1.165) is 0 Å². The van der Waals surface area contributed by atoms with Crippen LogP contribution in [0.2, 0.25) is 5.02 Å². The smallest absolute Gasteiger partial charge is 0.439 e. The van der Waals surface area contributed by atoms with Gasteiger partial charge in [-0.1, -0.05) is 22.8 Å². The van der Waals surface area contributed by atoms with Crippen molar-refractivity contribution in [2.75, 3.05) is 19.7 Å². The van der Waals surface area contributed by atoms with Gasteiger partial charge in [-0.05, 0) is 29.8 Å². The van der Waals surface area contributed by atoms with Crippen molar-refractivity contribution in [3.8, 4) is 17.3 Å². The second-order valence-corrected chi connectivity index (χ2v) is 6.53. The van der Waals surface area contributed by atoms with Crippen molar-refractivity contribution in [2.24, 2.45) is 0 Å². The molecule has 4 rings (SSSR count). The van der Waals surface area contributed by atoms with Crippen LogP contribution < -0.4 is 15.8 Å². The van der Waals surface area contributed by atoms with Crippen molar-refractivity contribution in [3.05, 3.63) is 63.5 Å². The molecule has 28 heavy (non-hydrogen) atoms. The van der Waals surface area contributed by atoms with Gasteiger partial charge in [0.1, 0.15) is 18.0 Å². The highest BCUT2D eigenvalue weighted by Gasteiger charge is 2.30. The Kier molecular flexibility index (Phi) is 5.38. The van der Waals surface area contributed by atoms with Gasteiger partial charge in [0.2, 0.25) is 5.88 Å². The molecule has 1 fully saturated rings. The summed E-state index contributed by atoms with van der Waals surface area (Å²) in [5.74, 6) is -0.773. The number of aromatic nitrogens is 3. The number of ether oxygens (including phenoxy) is 2. The number of nitrogens with zero attached hydrogens (tertiary/aromatic N) is 2. The summed E-state index contributed by atoms with van der Waals surface area (Å²) in [4.78, 5) is 18.0. The molecule has 3 aromatic rings. The predicted octanol–water partition coefficient (Wildman–Crippen LogP) is 2.33. The molecule has 3 heterocycles. The molecule has 8 nitrogen and oxygen atoms in total. The zero-order chi connectivity index (χ0) is 19.5. The first-order valence-corrected chi connectivity index (χ1v) is 8.95. The van der Waals surface area contributed by atoms with E-state index >= 15 is 0 Å². The lowest BCUT2D eigenvalue weighted by Crippen LogP contribution is -2.34. The van der Waals surface area contributed by atoms with Crippen LogP contribution >= 0.6 is 11.6 Å². The summed E-state index contributed by atoms with van der Waals surface area (Å²) in [6.07, 6.45) is 0.488. The summed E-state index contributed by atoms with van der Waals surface area (Å²) in [7, 11) is 0. The number of H-pyrrole nitrogens is 1. The minimum atomic E-state index is -0.682. The molecule has 1 aliphatic rings. The van der Waals surface area contributed by atoms with Gasteiger partial charge in [0.05, 0.1) is 17.2 Å². The van der Waals surface area contributed by atoms with Crippen LogP contribution in [0.4, 0.5) is 4.39 Å². The van der Waals surface area contributed by atoms with Gasteiger partial charge < -0.3 is 14.8 Å². The number of aromatic amines is 1. The van der Waals surface area contributed by atoms with E-state index in [1.165, 1.54) is 12.1 Å². The zero-order valence-corrected chi connectivity index (χ0v) is 15.3. The summed E-state index contributed by atoms with van der Waals surface area (Å²) in [5.41, 5.74) is 1.06. The van der Waals surface area contributed by atoms with Gasteiger partial charge in [0, 0.05) is 19.3 Å². The predicted molar refractivity (Wildman–Crippen MR) is 97.7 cm³/mol. The van der Waals surface area contributed by atoms with Crippen molar-refractivity contribution >= 4 is 11.6 Å². The summed E-state index contributed by atoms with van der Waals surface area (Å²) in [6.45, 7) is 1.50. The van der Waals surface area contributed by atoms with Gasteiger partial charge in [-0.15, -0.1) is 0 Å². The molecule has 1 aliphatic heterocycles. The van der Waals surface area contributed by atoms with Gasteiger partial charge >= 0.3 is 5.76 Å². The standard InChI is InChI=1S/C18H16ClFN4O4/c19-12-4-3-10(8-13(12)20)15-14(9-21-6-7-26-15)27-17-11(2-1-5-22-17)16-23-18(25)28-24-16/h1-5,8,14-15,21H,6-7,9H2,(H,23,24,25)/t14-,15?/m0/s1. The van der Waals surface area contributed by atoms with Crippen molar-refractivity contribution in [1.29, 1.82) is 0 Å². The topological polar surface area (TPSA) is 102 Å². The number of pyridine rings is 1. The van der Waals surface area contributed by atoms with E-state index in [2.05, 4.69) is 25.0 Å². The average molecular weight is 407 g/mol. The van der Waals surface area contributed by atoms with Gasteiger partial charge in [0.15, 0.2) is 5.82 Å². The van der Waals surface area contributed by atoms with Crippen LogP contribution in [0.5, 0.6) is 5.88 Å². The lowest BCUT2D eigenvalue weighted by atomic mass is 10.0. The molecule has 1 unspecified atom stereocenters. The van der Waals surface area contributed by atoms with E-state index in [9.17, 15) is 9.18 Å². The second kappa shape index (κ2) is 8.09. The highest BCUT2D eigenvalue weighted by Crippen LogP contribution is 2.31. The molecule has 0 amide bonds. The van der Waals surface area contributed by atoms with Crippen LogP contribution in [0.3, 0.4) is 0 Å². The van der Waals surface area contributed by atoms with Crippen LogP contribution in [0.25, 0.3) is 11.4 Å². The SMILES string of the molecule is O=c1[nH]c(-c2cccnc2O[C@H]2CNCCOC2c2ccc(Cl)c(F)c2)no1. The van der Waals surface area contributed by atoms with Crippen molar-refractivity contribution in [1.82, 2.24) is 20.4 Å². The summed E-state index contributed by atoms with van der Waals surface area (Å²) in [5, 5.41) is 6.94. The first-order valence-electron chi connectivity index (χ1n) is 8.57. The Balaban J connectivity index is 1.66. The zero-order valence-electron chi connectivity index (χ0n) is 14.5. The summed E-state index contributed by atoms with van der Waals surface area (Å²) in [6, 6.07) is 7.90. The van der Waals surface area contributed by atoms with Crippen molar-refractivity contribution in [3.63, 3.8) is 0 Å². The van der Waals surface area contributed by atoms with Crippen LogP contribution in [-0.2, 0) is 4.74 Å². The van der Waals surface area contributed by atoms with Crippen LogP contribution in [0.15, 0.2) is 45.8 Å². The largest absolute Gasteiger partial charge is 0.469 e. The first-order chi connectivity index (χ1) is 13.6. The molecule has 0 saturated carbocycles. The lowest BCUT2D eigenvalue weighted by Gasteiger charge is -2.26. The maximum absolute atomic E-state index is 14.0. The Labute approximate surface area is 163 Å². The lowest BCUT2D eigenvalue weighted by molar-refractivity contribution is -0.00996. The van der Waals surface area contributed by atoms with Crippen LogP contribution in [-0.4, -0.2) is 40.9 Å². The van der Waals surface area contributed by atoms with E-state index < -0.39 is 23.8 Å². The molecule has 0 radical (unpaired) electrons. The van der Waals surface area contributed by atoms with E-state index in [1.54, 1.807) is 24.4 Å². The Morgan fingerprint density at radius 2 is 2.21 bits per heavy atom. The van der Waals surface area contributed by atoms with E-state index in [1.807, 2.05) is 0 Å². The monoisotopic (exact) mass is 406 g/mol. The highest BCUT2D eigenvalue weighted by atomic mass is 35.5. The molecule has 1 saturated heterocycles. The minimum Gasteiger partial charge on any atom is -0.469 e. The fraction of sp³-hybridized carbons (Fsp3) is 0.278. The summed E-state index contributed by atoms with van der Waals surface area (Å²) >= 11 is 5.79. The number of benzene rings is 1. The maximum Gasteiger partial charge on any atom is 0.439 e. The number of halogens is 2. The van der Waals surface area contributed by atoms with Gasteiger partial charge in [-0.25, -0.2) is 14.2 Å². The molecule has 2 aromatic heterocycles. The molecule has 146 valence electrons. The summed E-state index contributed by atoms with van der Waals surface area (Å²) < 4.78 is 30.5. The fourth-order valence-electron chi connectivity index (χ4n) is 2.97. The van der Waals surface area contributed by atoms with E-state index in [-0.39, 0.29) is 16.7 Å². The Morgan fingerprint density at radius 3 is 3.00 bits per heavy atom. The van der Waals surface area contributed by atoms with Gasteiger partial charge in [0.25, 0.3) is 0 Å². The molecule has 0 bridgehead atoms. The Bertz CT molecular complexity index is 1020. The quantitative estimate of drug-likeness (QED) is 0.685. The first kappa shape index (κ1) is 18.6. The third-order valence-electron chi connectivity index (χ3n) is 4.26. The van der Waals surface area contributed by atoms with Crippen LogP contribution in [0, 0.1) is 5.82 Å². The molecule has 0 aliphatic carbocycles. The molecule has 1 aromatic carbocycles. The van der Waals surface area contributed by atoms with Crippen molar-refractivity contribution in [2.45, 2.75) is 12.2 Å². The Hall–Kier alpha value is -2.75. The van der Waals surface area contributed by atoms with Crippen LogP contribution in [0.1, 0.15) is 11.7 Å². The molecule has 0 spiro atoms. The number of nitrogens with one attached hydrogen (secondary N) is 2. The molecule has 2 atom stereocenters. The second-order valence-electron chi connectivity index (χ2n) is 6.13. The molecule has 2 N–H and O–H groups in total. The average Bonchev–Trinajstić information content (AvgIpc) is 2.99. The number of hydrogen-bond acceptors (Lipinski definition) is 7. The minimum absolute atomic E-state index is 0.0370. The Morgan fingerprint density at radius 1 is 1.32 bits per heavy atom. The number of hydrogen-bond donors (Lipinski definition) is 2. The fourth-order valence-corrected chi connectivity index (χ4v) is 3.09. The van der Waals surface area contributed by atoms with E-state index in [4.69, 9.17) is 21.1 Å². The normalized spacial score (nSPS) is 19.9. The third-order valence-corrected chi connectivity index (χ3v) is 4.57. The molecule has 10 heteroatoms. The third kappa shape index (κ3) is 3.91. The number of rotatable bonds is 4. The highest BCUT2D eigenvalue weighted by molar-refractivity contribution is 6.30. The van der Waals surface area contributed by atoms with Gasteiger partial charge in [-0.2, -0.15) is 0 Å².